The maximum Gasteiger partial charge on any atom is 0.261 e. The average molecular weight is 360 g/mol. The van der Waals surface area contributed by atoms with Crippen LogP contribution >= 0.6 is 0 Å². The van der Waals surface area contributed by atoms with Crippen LogP contribution in [-0.2, 0) is 10.0 Å². The molecule has 0 saturated heterocycles. The molecule has 0 radical (unpaired) electrons. The number of nitrogens with zero attached hydrogens (tertiary/aromatic N) is 1. The third-order valence-electron chi connectivity index (χ3n) is 3.69. The molecule has 0 atom stereocenters. The van der Waals surface area contributed by atoms with Gasteiger partial charge in [0.15, 0.2) is 11.6 Å². The van der Waals surface area contributed by atoms with Gasteiger partial charge in [0.2, 0.25) is 0 Å². The summed E-state index contributed by atoms with van der Waals surface area (Å²) in [4.78, 5) is 3.73. The summed E-state index contributed by atoms with van der Waals surface area (Å²) in [6, 6.07) is 11.0. The summed E-state index contributed by atoms with van der Waals surface area (Å²) in [6.07, 6.45) is 3.43. The van der Waals surface area contributed by atoms with Crippen LogP contribution in [0.2, 0.25) is 0 Å². The molecular formula is C18H14F2N2O2S. The molecule has 1 N–H and O–H groups in total. The van der Waals surface area contributed by atoms with Crippen molar-refractivity contribution in [2.75, 3.05) is 4.72 Å². The summed E-state index contributed by atoms with van der Waals surface area (Å²) in [5, 5.41) is 0. The van der Waals surface area contributed by atoms with Crippen LogP contribution in [0.5, 0.6) is 0 Å². The van der Waals surface area contributed by atoms with E-state index in [1.54, 1.807) is 36.7 Å². The molecule has 4 nitrogen and oxygen atoms in total. The lowest BCUT2D eigenvalue weighted by Gasteiger charge is -2.10. The highest BCUT2D eigenvalue weighted by molar-refractivity contribution is 7.92. The summed E-state index contributed by atoms with van der Waals surface area (Å²) in [5.74, 6) is -2.32. The first kappa shape index (κ1) is 17.0. The van der Waals surface area contributed by atoms with Gasteiger partial charge in [-0.15, -0.1) is 0 Å². The van der Waals surface area contributed by atoms with Gasteiger partial charge in [-0.3, -0.25) is 9.71 Å². The van der Waals surface area contributed by atoms with Crippen LogP contribution in [0.3, 0.4) is 0 Å². The number of rotatable bonds is 4. The zero-order chi connectivity index (χ0) is 18.0. The van der Waals surface area contributed by atoms with Gasteiger partial charge in [0.1, 0.15) is 0 Å². The first-order chi connectivity index (χ1) is 11.9. The number of aryl methyl sites for hydroxylation is 1. The Morgan fingerprint density at radius 3 is 2.32 bits per heavy atom. The van der Waals surface area contributed by atoms with E-state index < -0.39 is 21.7 Å². The molecule has 7 heteroatoms. The molecule has 0 amide bonds. The van der Waals surface area contributed by atoms with Crippen molar-refractivity contribution in [1.29, 1.82) is 0 Å². The molecule has 0 spiro atoms. The van der Waals surface area contributed by atoms with E-state index in [2.05, 4.69) is 9.71 Å². The van der Waals surface area contributed by atoms with Gasteiger partial charge < -0.3 is 0 Å². The number of hydrogen-bond acceptors (Lipinski definition) is 3. The fourth-order valence-electron chi connectivity index (χ4n) is 2.34. The maximum absolute atomic E-state index is 13.3. The predicted octanol–water partition coefficient (Wildman–Crippen LogP) is 4.14. The number of benzene rings is 2. The number of hydrogen-bond donors (Lipinski definition) is 1. The lowest BCUT2D eigenvalue weighted by Crippen LogP contribution is -2.13. The summed E-state index contributed by atoms with van der Waals surface area (Å²) >= 11 is 0. The molecule has 0 aliphatic carbocycles. The van der Waals surface area contributed by atoms with E-state index >= 15 is 0 Å². The minimum Gasteiger partial charge on any atom is -0.280 e. The molecule has 1 heterocycles. The summed E-state index contributed by atoms with van der Waals surface area (Å²) < 4.78 is 53.1. The fourth-order valence-corrected chi connectivity index (χ4v) is 3.41. The van der Waals surface area contributed by atoms with E-state index in [9.17, 15) is 17.2 Å². The average Bonchev–Trinajstić information content (AvgIpc) is 2.58. The van der Waals surface area contributed by atoms with Gasteiger partial charge in [-0.2, -0.15) is 0 Å². The van der Waals surface area contributed by atoms with Crippen LogP contribution in [0, 0.1) is 18.6 Å². The van der Waals surface area contributed by atoms with Crippen LogP contribution in [0.15, 0.2) is 65.8 Å². The van der Waals surface area contributed by atoms with Crippen molar-refractivity contribution in [1.82, 2.24) is 4.98 Å². The normalized spacial score (nSPS) is 11.3. The van der Waals surface area contributed by atoms with Gasteiger partial charge in [-0.25, -0.2) is 17.2 Å². The van der Waals surface area contributed by atoms with Gasteiger partial charge in [-0.05, 0) is 54.4 Å². The maximum atomic E-state index is 13.3. The molecule has 0 bridgehead atoms. The molecular weight excluding hydrogens is 346 g/mol. The minimum absolute atomic E-state index is 0.315. The molecule has 0 aliphatic heterocycles. The number of pyridine rings is 1. The molecule has 0 saturated carbocycles. The van der Waals surface area contributed by atoms with Crippen molar-refractivity contribution in [3.05, 3.63) is 78.1 Å². The molecule has 1 aromatic heterocycles. The standard InChI is InChI=1S/C18H14F2N2O2S/c1-12-8-9-21-11-16(12)13-2-4-14(5-3-13)22-25(23,24)15-6-7-17(19)18(20)10-15/h2-11,22H,1H3. The van der Waals surface area contributed by atoms with Crippen molar-refractivity contribution < 1.29 is 17.2 Å². The van der Waals surface area contributed by atoms with Crippen LogP contribution in [0.25, 0.3) is 11.1 Å². The number of aromatic nitrogens is 1. The van der Waals surface area contributed by atoms with Crippen molar-refractivity contribution in [3.8, 4) is 11.1 Å². The summed E-state index contributed by atoms with van der Waals surface area (Å²) in [6.45, 7) is 1.96. The number of nitrogens with one attached hydrogen (secondary N) is 1. The molecule has 0 aliphatic rings. The zero-order valence-electron chi connectivity index (χ0n) is 13.2. The van der Waals surface area contributed by atoms with Crippen LogP contribution in [-0.4, -0.2) is 13.4 Å². The number of halogens is 2. The SMILES string of the molecule is Cc1ccncc1-c1ccc(NS(=O)(=O)c2ccc(F)c(F)c2)cc1. The van der Waals surface area contributed by atoms with E-state index in [0.29, 0.717) is 11.8 Å². The molecule has 3 aromatic rings. The lowest BCUT2D eigenvalue weighted by atomic mass is 10.0. The van der Waals surface area contributed by atoms with Crippen molar-refractivity contribution in [3.63, 3.8) is 0 Å². The van der Waals surface area contributed by atoms with Crippen LogP contribution < -0.4 is 4.72 Å². The Hall–Kier alpha value is -2.80. The first-order valence-electron chi connectivity index (χ1n) is 7.36. The lowest BCUT2D eigenvalue weighted by molar-refractivity contribution is 0.504. The van der Waals surface area contributed by atoms with Gasteiger partial charge >= 0.3 is 0 Å². The van der Waals surface area contributed by atoms with E-state index in [0.717, 1.165) is 28.8 Å². The first-order valence-corrected chi connectivity index (χ1v) is 8.84. The summed E-state index contributed by atoms with van der Waals surface area (Å²) in [5.41, 5.74) is 3.19. The highest BCUT2D eigenvalue weighted by Gasteiger charge is 2.16. The van der Waals surface area contributed by atoms with Crippen molar-refractivity contribution >= 4 is 15.7 Å². The Balaban J connectivity index is 1.86. The smallest absolute Gasteiger partial charge is 0.261 e. The molecule has 128 valence electrons. The Bertz CT molecular complexity index is 1020. The molecule has 0 fully saturated rings. The van der Waals surface area contributed by atoms with E-state index in [-0.39, 0.29) is 4.90 Å². The van der Waals surface area contributed by atoms with Gasteiger partial charge in [0.05, 0.1) is 4.90 Å². The van der Waals surface area contributed by atoms with Gasteiger partial charge in [-0.1, -0.05) is 12.1 Å². The summed E-state index contributed by atoms with van der Waals surface area (Å²) in [7, 11) is -4.01. The highest BCUT2D eigenvalue weighted by Crippen LogP contribution is 2.25. The van der Waals surface area contributed by atoms with Gasteiger partial charge in [0, 0.05) is 23.6 Å². The van der Waals surface area contributed by atoms with Crippen molar-refractivity contribution in [2.24, 2.45) is 0 Å². The van der Waals surface area contributed by atoms with Crippen LogP contribution in [0.4, 0.5) is 14.5 Å². The highest BCUT2D eigenvalue weighted by atomic mass is 32.2. The zero-order valence-corrected chi connectivity index (χ0v) is 14.0. The number of anilines is 1. The second-order valence-electron chi connectivity index (χ2n) is 5.45. The molecule has 2 aromatic carbocycles. The van der Waals surface area contributed by atoms with E-state index in [1.165, 1.54) is 0 Å². The van der Waals surface area contributed by atoms with Gasteiger partial charge in [0.25, 0.3) is 10.0 Å². The second-order valence-corrected chi connectivity index (χ2v) is 7.13. The van der Waals surface area contributed by atoms with Crippen LogP contribution in [0.1, 0.15) is 5.56 Å². The largest absolute Gasteiger partial charge is 0.280 e. The minimum atomic E-state index is -4.01. The van der Waals surface area contributed by atoms with Crippen molar-refractivity contribution in [2.45, 2.75) is 11.8 Å². The topological polar surface area (TPSA) is 59.1 Å². The Morgan fingerprint density at radius 2 is 1.68 bits per heavy atom. The fraction of sp³-hybridized carbons (Fsp3) is 0.0556. The Kier molecular flexibility index (Phi) is 4.50. The molecule has 3 rings (SSSR count). The Morgan fingerprint density at radius 1 is 0.960 bits per heavy atom. The third-order valence-corrected chi connectivity index (χ3v) is 5.07. The van der Waals surface area contributed by atoms with E-state index in [4.69, 9.17) is 0 Å². The molecule has 25 heavy (non-hydrogen) atoms. The predicted molar refractivity (Wildman–Crippen MR) is 91.6 cm³/mol. The Labute approximate surface area is 144 Å². The second kappa shape index (κ2) is 6.60. The quantitative estimate of drug-likeness (QED) is 0.761. The number of sulfonamides is 1. The van der Waals surface area contributed by atoms with E-state index in [1.807, 2.05) is 13.0 Å². The third kappa shape index (κ3) is 3.66. The monoisotopic (exact) mass is 360 g/mol. The molecule has 0 unspecified atom stereocenters.